The van der Waals surface area contributed by atoms with Gasteiger partial charge in [-0.05, 0) is 55.5 Å². The van der Waals surface area contributed by atoms with Crippen molar-refractivity contribution < 1.29 is 4.74 Å². The molecule has 108 valence electrons. The summed E-state index contributed by atoms with van der Waals surface area (Å²) in [5, 5.41) is 3.54. The Kier molecular flexibility index (Phi) is 6.32. The van der Waals surface area contributed by atoms with Crippen LogP contribution in [0.3, 0.4) is 0 Å². The van der Waals surface area contributed by atoms with Crippen LogP contribution < -0.4 is 15.8 Å². The normalized spacial score (nSPS) is 12.8. The maximum atomic E-state index is 5.77. The van der Waals surface area contributed by atoms with Crippen LogP contribution in [0.15, 0.2) is 12.1 Å². The molecular formula is C16H28N2O. The van der Waals surface area contributed by atoms with Crippen LogP contribution in [0.2, 0.25) is 0 Å². The molecule has 3 heteroatoms. The standard InChI is InChI=1S/C16H28N2O/c1-11(2)15(10-17)18-9-8-14-6-7-16(19-5)13(4)12(14)3/h6-7,11,15,18H,8-10,17H2,1-5H3. The Balaban J connectivity index is 2.61. The Morgan fingerprint density at radius 1 is 1.21 bits per heavy atom. The molecule has 1 unspecified atom stereocenters. The van der Waals surface area contributed by atoms with Gasteiger partial charge < -0.3 is 15.8 Å². The van der Waals surface area contributed by atoms with Crippen molar-refractivity contribution in [2.45, 2.75) is 40.2 Å². The highest BCUT2D eigenvalue weighted by Gasteiger charge is 2.11. The lowest BCUT2D eigenvalue weighted by molar-refractivity contribution is 0.407. The molecular weight excluding hydrogens is 236 g/mol. The molecule has 3 N–H and O–H groups in total. The van der Waals surface area contributed by atoms with Gasteiger partial charge in [-0.3, -0.25) is 0 Å². The minimum atomic E-state index is 0.402. The first-order valence-electron chi connectivity index (χ1n) is 7.07. The van der Waals surface area contributed by atoms with Crippen LogP contribution in [0, 0.1) is 19.8 Å². The third-order valence-electron chi connectivity index (χ3n) is 3.93. The van der Waals surface area contributed by atoms with Gasteiger partial charge in [-0.25, -0.2) is 0 Å². The fraction of sp³-hybridized carbons (Fsp3) is 0.625. The summed E-state index contributed by atoms with van der Waals surface area (Å²) in [5.41, 5.74) is 9.71. The van der Waals surface area contributed by atoms with Gasteiger partial charge in [-0.2, -0.15) is 0 Å². The zero-order valence-corrected chi connectivity index (χ0v) is 12.9. The highest BCUT2D eigenvalue weighted by molar-refractivity contribution is 5.43. The molecule has 0 aliphatic rings. The number of hydrogen-bond donors (Lipinski definition) is 2. The van der Waals surface area contributed by atoms with E-state index in [1.54, 1.807) is 7.11 Å². The van der Waals surface area contributed by atoms with E-state index < -0.39 is 0 Å². The average Bonchev–Trinajstić information content (AvgIpc) is 2.39. The highest BCUT2D eigenvalue weighted by Crippen LogP contribution is 2.24. The Labute approximate surface area is 117 Å². The highest BCUT2D eigenvalue weighted by atomic mass is 16.5. The molecule has 0 spiro atoms. The molecule has 0 aromatic heterocycles. The van der Waals surface area contributed by atoms with Crippen LogP contribution in [-0.2, 0) is 6.42 Å². The van der Waals surface area contributed by atoms with Crippen molar-refractivity contribution in [1.29, 1.82) is 0 Å². The van der Waals surface area contributed by atoms with Gasteiger partial charge in [-0.15, -0.1) is 0 Å². The van der Waals surface area contributed by atoms with Crippen molar-refractivity contribution >= 4 is 0 Å². The summed E-state index contributed by atoms with van der Waals surface area (Å²) in [5.74, 6) is 1.54. The van der Waals surface area contributed by atoms with Crippen molar-refractivity contribution in [2.24, 2.45) is 11.7 Å². The van der Waals surface area contributed by atoms with E-state index in [4.69, 9.17) is 10.5 Å². The van der Waals surface area contributed by atoms with Crippen LogP contribution in [0.4, 0.5) is 0 Å². The van der Waals surface area contributed by atoms with Gasteiger partial charge in [0.05, 0.1) is 7.11 Å². The summed E-state index contributed by atoms with van der Waals surface area (Å²) in [6, 6.07) is 4.62. The van der Waals surface area contributed by atoms with E-state index in [9.17, 15) is 0 Å². The summed E-state index contributed by atoms with van der Waals surface area (Å²) in [4.78, 5) is 0. The lowest BCUT2D eigenvalue weighted by atomic mass is 9.99. The predicted octanol–water partition coefficient (Wildman–Crippen LogP) is 2.43. The van der Waals surface area contributed by atoms with Crippen LogP contribution in [0.25, 0.3) is 0 Å². The largest absolute Gasteiger partial charge is 0.496 e. The van der Waals surface area contributed by atoms with Crippen molar-refractivity contribution in [3.8, 4) is 5.75 Å². The molecule has 0 saturated carbocycles. The molecule has 3 nitrogen and oxygen atoms in total. The Morgan fingerprint density at radius 2 is 1.89 bits per heavy atom. The zero-order chi connectivity index (χ0) is 14.4. The second-order valence-electron chi connectivity index (χ2n) is 5.47. The summed E-state index contributed by atoms with van der Waals surface area (Å²) in [7, 11) is 1.72. The summed E-state index contributed by atoms with van der Waals surface area (Å²) in [6.45, 7) is 10.3. The first-order chi connectivity index (χ1) is 9.01. The first-order valence-corrected chi connectivity index (χ1v) is 7.07. The van der Waals surface area contributed by atoms with Crippen molar-refractivity contribution in [3.05, 3.63) is 28.8 Å². The minimum absolute atomic E-state index is 0.402. The lowest BCUT2D eigenvalue weighted by Gasteiger charge is -2.21. The smallest absolute Gasteiger partial charge is 0.122 e. The topological polar surface area (TPSA) is 47.3 Å². The molecule has 1 aromatic carbocycles. The second kappa shape index (κ2) is 7.51. The number of nitrogens with two attached hydrogens (primary N) is 1. The fourth-order valence-electron chi connectivity index (χ4n) is 2.33. The molecule has 0 aliphatic heterocycles. The van der Waals surface area contributed by atoms with Crippen LogP contribution in [0.5, 0.6) is 5.75 Å². The lowest BCUT2D eigenvalue weighted by Crippen LogP contribution is -2.41. The Bertz CT molecular complexity index is 402. The molecule has 1 aromatic rings. The molecule has 1 rings (SSSR count). The predicted molar refractivity (Wildman–Crippen MR) is 81.9 cm³/mol. The molecule has 0 bridgehead atoms. The van der Waals surface area contributed by atoms with E-state index in [2.05, 4.69) is 45.1 Å². The molecule has 19 heavy (non-hydrogen) atoms. The molecule has 0 fully saturated rings. The van der Waals surface area contributed by atoms with E-state index in [0.29, 0.717) is 18.5 Å². The summed E-state index contributed by atoms with van der Waals surface area (Å²) in [6.07, 6.45) is 1.03. The van der Waals surface area contributed by atoms with E-state index in [-0.39, 0.29) is 0 Å². The average molecular weight is 264 g/mol. The zero-order valence-electron chi connectivity index (χ0n) is 12.9. The van der Waals surface area contributed by atoms with Gasteiger partial charge in [0.25, 0.3) is 0 Å². The van der Waals surface area contributed by atoms with E-state index in [0.717, 1.165) is 18.7 Å². The fourth-order valence-corrected chi connectivity index (χ4v) is 2.33. The van der Waals surface area contributed by atoms with Gasteiger partial charge in [0.15, 0.2) is 0 Å². The maximum absolute atomic E-state index is 5.77. The molecule has 0 heterocycles. The van der Waals surface area contributed by atoms with Gasteiger partial charge in [0.1, 0.15) is 5.75 Å². The Hall–Kier alpha value is -1.06. The number of rotatable bonds is 7. The SMILES string of the molecule is COc1ccc(CCNC(CN)C(C)C)c(C)c1C. The van der Waals surface area contributed by atoms with Gasteiger partial charge >= 0.3 is 0 Å². The number of benzene rings is 1. The van der Waals surface area contributed by atoms with Crippen LogP contribution in [-0.4, -0.2) is 26.2 Å². The molecule has 0 radical (unpaired) electrons. The second-order valence-corrected chi connectivity index (χ2v) is 5.47. The first kappa shape index (κ1) is 16.0. The van der Waals surface area contributed by atoms with E-state index >= 15 is 0 Å². The van der Waals surface area contributed by atoms with E-state index in [1.165, 1.54) is 16.7 Å². The van der Waals surface area contributed by atoms with Gasteiger partial charge in [-0.1, -0.05) is 19.9 Å². The Morgan fingerprint density at radius 3 is 2.42 bits per heavy atom. The summed E-state index contributed by atoms with van der Waals surface area (Å²) >= 11 is 0. The minimum Gasteiger partial charge on any atom is -0.496 e. The molecule has 1 atom stereocenters. The van der Waals surface area contributed by atoms with Crippen molar-refractivity contribution in [2.75, 3.05) is 20.2 Å². The van der Waals surface area contributed by atoms with Gasteiger partial charge in [0.2, 0.25) is 0 Å². The maximum Gasteiger partial charge on any atom is 0.122 e. The quantitative estimate of drug-likeness (QED) is 0.795. The van der Waals surface area contributed by atoms with Crippen molar-refractivity contribution in [1.82, 2.24) is 5.32 Å². The molecule has 0 amide bonds. The third-order valence-corrected chi connectivity index (χ3v) is 3.93. The van der Waals surface area contributed by atoms with Crippen LogP contribution in [0.1, 0.15) is 30.5 Å². The van der Waals surface area contributed by atoms with E-state index in [1.807, 2.05) is 0 Å². The number of nitrogens with one attached hydrogen (secondary N) is 1. The monoisotopic (exact) mass is 264 g/mol. The summed E-state index contributed by atoms with van der Waals surface area (Å²) < 4.78 is 5.34. The third kappa shape index (κ3) is 4.22. The van der Waals surface area contributed by atoms with Gasteiger partial charge in [0, 0.05) is 12.6 Å². The molecule has 0 saturated heterocycles. The number of hydrogen-bond acceptors (Lipinski definition) is 3. The molecule has 0 aliphatic carbocycles. The van der Waals surface area contributed by atoms with Crippen LogP contribution >= 0.6 is 0 Å². The van der Waals surface area contributed by atoms with Crippen molar-refractivity contribution in [3.63, 3.8) is 0 Å². The number of ether oxygens (including phenoxy) is 1. The number of methoxy groups -OCH3 is 1.